The average Bonchev–Trinajstić information content (AvgIpc) is 3.37. The molecule has 0 aliphatic heterocycles. The highest BCUT2D eigenvalue weighted by Gasteiger charge is 2.07. The Morgan fingerprint density at radius 1 is 0.731 bits per heavy atom. The van der Waals surface area contributed by atoms with E-state index < -0.39 is 0 Å². The van der Waals surface area contributed by atoms with Gasteiger partial charge in [0.25, 0.3) is 0 Å². The number of thiophene rings is 2. The standard InChI is InChI=1S/C18H14N6S2/c1-2-4-16-15(3-1)17(21-19-9-13-5-7-25-11-13)23-24-18(16)22-20-10-14-6-8-26-12-14/h1-12H,(H,21,23)(H,22,24). The lowest BCUT2D eigenvalue weighted by Gasteiger charge is -2.07. The fraction of sp³-hybridized carbons (Fsp3) is 0. The maximum atomic E-state index is 4.24. The van der Waals surface area contributed by atoms with Gasteiger partial charge in [-0.3, -0.25) is 10.9 Å². The van der Waals surface area contributed by atoms with Crippen molar-refractivity contribution in [1.29, 1.82) is 0 Å². The Labute approximate surface area is 157 Å². The van der Waals surface area contributed by atoms with E-state index >= 15 is 0 Å². The number of nitrogens with one attached hydrogen (secondary N) is 2. The first-order chi connectivity index (χ1) is 12.9. The number of nitrogens with zero attached hydrogens (tertiary/aromatic N) is 4. The quantitative estimate of drug-likeness (QED) is 0.378. The molecule has 2 N–H and O–H groups in total. The van der Waals surface area contributed by atoms with Crippen molar-refractivity contribution in [1.82, 2.24) is 10.2 Å². The predicted molar refractivity (Wildman–Crippen MR) is 111 cm³/mol. The van der Waals surface area contributed by atoms with E-state index in [0.29, 0.717) is 11.6 Å². The molecule has 128 valence electrons. The predicted octanol–water partition coefficient (Wildman–Crippen LogP) is 4.64. The highest BCUT2D eigenvalue weighted by atomic mass is 32.1. The fourth-order valence-electron chi connectivity index (χ4n) is 2.30. The summed E-state index contributed by atoms with van der Waals surface area (Å²) >= 11 is 3.26. The zero-order chi connectivity index (χ0) is 17.6. The first-order valence-corrected chi connectivity index (χ1v) is 9.67. The van der Waals surface area contributed by atoms with Crippen LogP contribution in [-0.2, 0) is 0 Å². The minimum atomic E-state index is 0.597. The minimum absolute atomic E-state index is 0.597. The second-order valence-electron chi connectivity index (χ2n) is 5.30. The maximum absolute atomic E-state index is 4.24. The van der Waals surface area contributed by atoms with Gasteiger partial charge in [-0.25, -0.2) is 0 Å². The summed E-state index contributed by atoms with van der Waals surface area (Å²) in [5, 5.41) is 26.8. The molecule has 0 amide bonds. The van der Waals surface area contributed by atoms with Crippen LogP contribution in [0.4, 0.5) is 11.6 Å². The Hall–Kier alpha value is -3.10. The van der Waals surface area contributed by atoms with Gasteiger partial charge in [0, 0.05) is 21.9 Å². The highest BCUT2D eigenvalue weighted by molar-refractivity contribution is 7.08. The summed E-state index contributed by atoms with van der Waals surface area (Å²) in [5.41, 5.74) is 8.02. The topological polar surface area (TPSA) is 74.6 Å². The first kappa shape index (κ1) is 16.4. The van der Waals surface area contributed by atoms with Crippen LogP contribution in [0.1, 0.15) is 11.1 Å². The second-order valence-corrected chi connectivity index (χ2v) is 6.86. The number of rotatable bonds is 6. The summed E-state index contributed by atoms with van der Waals surface area (Å²) in [6.07, 6.45) is 3.51. The number of hydrogen-bond donors (Lipinski definition) is 2. The smallest absolute Gasteiger partial charge is 0.176 e. The summed E-state index contributed by atoms with van der Waals surface area (Å²) in [4.78, 5) is 0. The van der Waals surface area contributed by atoms with Gasteiger partial charge in [0.1, 0.15) is 0 Å². The Kier molecular flexibility index (Phi) is 4.95. The van der Waals surface area contributed by atoms with E-state index in [1.807, 2.05) is 57.9 Å². The molecule has 3 heterocycles. The molecule has 0 saturated carbocycles. The van der Waals surface area contributed by atoms with Crippen LogP contribution in [-0.4, -0.2) is 22.6 Å². The van der Waals surface area contributed by atoms with Crippen molar-refractivity contribution in [2.24, 2.45) is 10.2 Å². The van der Waals surface area contributed by atoms with E-state index in [0.717, 1.165) is 21.9 Å². The van der Waals surface area contributed by atoms with Crippen LogP contribution in [0, 0.1) is 0 Å². The first-order valence-electron chi connectivity index (χ1n) is 7.78. The molecular weight excluding hydrogens is 364 g/mol. The number of benzene rings is 1. The molecule has 1 aromatic carbocycles. The third-order valence-corrected chi connectivity index (χ3v) is 4.94. The zero-order valence-electron chi connectivity index (χ0n) is 13.5. The van der Waals surface area contributed by atoms with Crippen LogP contribution >= 0.6 is 22.7 Å². The summed E-state index contributed by atoms with van der Waals surface area (Å²) in [6, 6.07) is 11.9. The largest absolute Gasteiger partial charge is 0.259 e. The summed E-state index contributed by atoms with van der Waals surface area (Å²) in [5.74, 6) is 1.19. The van der Waals surface area contributed by atoms with E-state index in [4.69, 9.17) is 0 Å². The van der Waals surface area contributed by atoms with Gasteiger partial charge in [0.2, 0.25) is 0 Å². The van der Waals surface area contributed by atoms with Crippen molar-refractivity contribution in [2.75, 3.05) is 10.9 Å². The molecule has 6 nitrogen and oxygen atoms in total. The van der Waals surface area contributed by atoms with Crippen molar-refractivity contribution in [3.8, 4) is 0 Å². The summed E-state index contributed by atoms with van der Waals surface area (Å²) in [7, 11) is 0. The number of fused-ring (bicyclic) bond motifs is 1. The average molecular weight is 378 g/mol. The Morgan fingerprint density at radius 2 is 1.23 bits per heavy atom. The molecule has 0 radical (unpaired) electrons. The maximum Gasteiger partial charge on any atom is 0.176 e. The lowest BCUT2D eigenvalue weighted by Crippen LogP contribution is -2.01. The molecule has 8 heteroatoms. The molecule has 0 fully saturated rings. The van der Waals surface area contributed by atoms with Gasteiger partial charge in [-0.15, -0.1) is 10.2 Å². The van der Waals surface area contributed by atoms with Gasteiger partial charge < -0.3 is 0 Å². The Bertz CT molecular complexity index is 954. The molecular formula is C18H14N6S2. The monoisotopic (exact) mass is 378 g/mol. The molecule has 4 rings (SSSR count). The van der Waals surface area contributed by atoms with Gasteiger partial charge in [-0.1, -0.05) is 24.3 Å². The van der Waals surface area contributed by atoms with Crippen LogP contribution in [0.15, 0.2) is 68.1 Å². The molecule has 3 aromatic heterocycles. The van der Waals surface area contributed by atoms with Crippen molar-refractivity contribution in [3.05, 3.63) is 69.0 Å². The van der Waals surface area contributed by atoms with E-state index in [-0.39, 0.29) is 0 Å². The normalized spacial score (nSPS) is 11.5. The molecule has 0 bridgehead atoms. The van der Waals surface area contributed by atoms with E-state index in [1.54, 1.807) is 35.1 Å². The third-order valence-electron chi connectivity index (χ3n) is 3.54. The van der Waals surface area contributed by atoms with Gasteiger partial charge in [-0.2, -0.15) is 32.9 Å². The molecule has 0 atom stereocenters. The van der Waals surface area contributed by atoms with Crippen molar-refractivity contribution in [2.45, 2.75) is 0 Å². The third kappa shape index (κ3) is 3.76. The minimum Gasteiger partial charge on any atom is -0.259 e. The molecule has 4 aromatic rings. The van der Waals surface area contributed by atoms with Gasteiger partial charge in [0.15, 0.2) is 11.6 Å². The molecule has 0 unspecified atom stereocenters. The van der Waals surface area contributed by atoms with Crippen LogP contribution < -0.4 is 10.9 Å². The van der Waals surface area contributed by atoms with Crippen LogP contribution in [0.25, 0.3) is 10.8 Å². The van der Waals surface area contributed by atoms with Crippen molar-refractivity contribution >= 4 is 57.5 Å². The number of hydrogen-bond acceptors (Lipinski definition) is 8. The fourth-order valence-corrected chi connectivity index (χ4v) is 3.52. The van der Waals surface area contributed by atoms with Crippen LogP contribution in [0.3, 0.4) is 0 Å². The highest BCUT2D eigenvalue weighted by Crippen LogP contribution is 2.25. The summed E-state index contributed by atoms with van der Waals surface area (Å²) < 4.78 is 0. The van der Waals surface area contributed by atoms with Gasteiger partial charge in [0.05, 0.1) is 12.4 Å². The number of aromatic nitrogens is 2. The SMILES string of the molecule is C(=NNc1nnc(NN=Cc2ccsc2)c2ccccc12)c1ccsc1. The van der Waals surface area contributed by atoms with E-state index in [1.165, 1.54) is 0 Å². The van der Waals surface area contributed by atoms with Crippen molar-refractivity contribution in [3.63, 3.8) is 0 Å². The van der Waals surface area contributed by atoms with Gasteiger partial charge in [-0.05, 0) is 33.7 Å². The second kappa shape index (κ2) is 7.85. The van der Waals surface area contributed by atoms with Crippen molar-refractivity contribution < 1.29 is 0 Å². The zero-order valence-corrected chi connectivity index (χ0v) is 15.2. The molecule has 0 saturated heterocycles. The molecule has 0 aliphatic rings. The van der Waals surface area contributed by atoms with Crippen LogP contribution in [0.2, 0.25) is 0 Å². The number of anilines is 2. The Morgan fingerprint density at radius 3 is 1.65 bits per heavy atom. The van der Waals surface area contributed by atoms with Crippen LogP contribution in [0.5, 0.6) is 0 Å². The molecule has 26 heavy (non-hydrogen) atoms. The molecule has 0 spiro atoms. The van der Waals surface area contributed by atoms with Gasteiger partial charge >= 0.3 is 0 Å². The lowest BCUT2D eigenvalue weighted by molar-refractivity contribution is 1.03. The van der Waals surface area contributed by atoms with E-state index in [9.17, 15) is 0 Å². The Balaban J connectivity index is 1.56. The lowest BCUT2D eigenvalue weighted by atomic mass is 10.2. The number of hydrazone groups is 2. The summed E-state index contributed by atoms with van der Waals surface area (Å²) in [6.45, 7) is 0. The molecule has 0 aliphatic carbocycles. The van der Waals surface area contributed by atoms with E-state index in [2.05, 4.69) is 31.3 Å².